The Bertz CT molecular complexity index is 672. The Labute approximate surface area is 123 Å². The number of esters is 1. The minimum Gasteiger partial charge on any atom is -0.467 e. The number of carbonyl (C=O) groups is 1. The number of morpholine rings is 1. The normalized spacial score (nSPS) is 18.8. The van der Waals surface area contributed by atoms with Crippen molar-refractivity contribution < 1.29 is 14.3 Å². The Hall–Kier alpha value is -2.14. The highest BCUT2D eigenvalue weighted by Gasteiger charge is 2.28. The van der Waals surface area contributed by atoms with Gasteiger partial charge in [-0.25, -0.2) is 4.79 Å². The number of pyridine rings is 1. The topological polar surface area (TPSA) is 51.7 Å². The number of hydrogen-bond donors (Lipinski definition) is 0. The molecular weight excluding hydrogens is 268 g/mol. The average Bonchev–Trinajstić information content (AvgIpc) is 2.53. The molecule has 1 saturated heterocycles. The van der Waals surface area contributed by atoms with Crippen LogP contribution in [0.2, 0.25) is 0 Å². The van der Waals surface area contributed by atoms with Crippen LogP contribution in [-0.4, -0.2) is 43.9 Å². The number of carbonyl (C=O) groups excluding carboxylic acids is 1. The molecule has 0 bridgehead atoms. The molecule has 0 saturated carbocycles. The van der Waals surface area contributed by atoms with Gasteiger partial charge in [-0.3, -0.25) is 4.98 Å². The van der Waals surface area contributed by atoms with Gasteiger partial charge < -0.3 is 14.4 Å². The van der Waals surface area contributed by atoms with Crippen LogP contribution < -0.4 is 4.90 Å². The van der Waals surface area contributed by atoms with E-state index < -0.39 is 6.10 Å². The van der Waals surface area contributed by atoms with E-state index in [-0.39, 0.29) is 5.97 Å². The van der Waals surface area contributed by atoms with Crippen molar-refractivity contribution in [2.45, 2.75) is 13.0 Å². The highest BCUT2D eigenvalue weighted by molar-refractivity contribution is 5.92. The van der Waals surface area contributed by atoms with E-state index in [0.717, 1.165) is 28.8 Å². The number of para-hydroxylation sites is 1. The summed E-state index contributed by atoms with van der Waals surface area (Å²) in [5.74, 6) is -0.324. The molecule has 5 heteroatoms. The first-order valence-electron chi connectivity index (χ1n) is 7.00. The van der Waals surface area contributed by atoms with E-state index in [1.165, 1.54) is 7.11 Å². The first-order valence-corrected chi connectivity index (χ1v) is 7.00. The molecular formula is C16H18N2O3. The molecule has 1 aliphatic heterocycles. The molecule has 1 atom stereocenters. The van der Waals surface area contributed by atoms with E-state index in [1.807, 2.05) is 25.1 Å². The van der Waals surface area contributed by atoms with Gasteiger partial charge in [0.25, 0.3) is 0 Å². The molecule has 5 nitrogen and oxygen atoms in total. The van der Waals surface area contributed by atoms with Crippen molar-refractivity contribution in [1.82, 2.24) is 4.98 Å². The summed E-state index contributed by atoms with van der Waals surface area (Å²) in [4.78, 5) is 18.4. The predicted octanol–water partition coefficient (Wildman–Crippen LogP) is 1.92. The molecule has 2 aromatic rings. The summed E-state index contributed by atoms with van der Waals surface area (Å²) in [6.07, 6.45) is -0.531. The standard InChI is InChI=1S/C16H18N2O3/c1-11-9-14(12-5-3-4-6-13(12)17-11)18-7-8-21-15(10-18)16(19)20-2/h3-6,9,15H,7-8,10H2,1-2H3. The Balaban J connectivity index is 1.98. The van der Waals surface area contributed by atoms with Crippen LogP contribution in [0.5, 0.6) is 0 Å². The highest BCUT2D eigenvalue weighted by Crippen LogP contribution is 2.28. The van der Waals surface area contributed by atoms with Crippen LogP contribution in [-0.2, 0) is 14.3 Å². The van der Waals surface area contributed by atoms with Crippen molar-refractivity contribution >= 4 is 22.6 Å². The van der Waals surface area contributed by atoms with Gasteiger partial charge in [-0.1, -0.05) is 18.2 Å². The van der Waals surface area contributed by atoms with Crippen LogP contribution in [0.25, 0.3) is 10.9 Å². The van der Waals surface area contributed by atoms with E-state index in [9.17, 15) is 4.79 Å². The first kappa shape index (κ1) is 13.8. The monoisotopic (exact) mass is 286 g/mol. The van der Waals surface area contributed by atoms with Gasteiger partial charge in [-0.05, 0) is 19.1 Å². The van der Waals surface area contributed by atoms with Gasteiger partial charge in [-0.2, -0.15) is 0 Å². The number of rotatable bonds is 2. The summed E-state index contributed by atoms with van der Waals surface area (Å²) in [6.45, 7) is 3.74. The van der Waals surface area contributed by atoms with Crippen LogP contribution in [0.1, 0.15) is 5.69 Å². The van der Waals surface area contributed by atoms with Crippen molar-refractivity contribution in [1.29, 1.82) is 0 Å². The Kier molecular flexibility index (Phi) is 3.75. The highest BCUT2D eigenvalue weighted by atomic mass is 16.6. The molecule has 1 fully saturated rings. The molecule has 2 heterocycles. The maximum Gasteiger partial charge on any atom is 0.336 e. The van der Waals surface area contributed by atoms with Gasteiger partial charge >= 0.3 is 5.97 Å². The molecule has 0 N–H and O–H groups in total. The summed E-state index contributed by atoms with van der Waals surface area (Å²) in [7, 11) is 1.39. The third kappa shape index (κ3) is 2.69. The summed E-state index contributed by atoms with van der Waals surface area (Å²) >= 11 is 0. The maximum atomic E-state index is 11.7. The van der Waals surface area contributed by atoms with Crippen LogP contribution >= 0.6 is 0 Å². The number of anilines is 1. The fraction of sp³-hybridized carbons (Fsp3) is 0.375. The number of aryl methyl sites for hydroxylation is 1. The van der Waals surface area contributed by atoms with Crippen LogP contribution in [0.15, 0.2) is 30.3 Å². The van der Waals surface area contributed by atoms with Gasteiger partial charge in [-0.15, -0.1) is 0 Å². The molecule has 110 valence electrons. The Morgan fingerprint density at radius 2 is 2.24 bits per heavy atom. The minimum atomic E-state index is -0.531. The van der Waals surface area contributed by atoms with E-state index in [2.05, 4.69) is 22.0 Å². The van der Waals surface area contributed by atoms with Gasteiger partial charge in [0.05, 0.1) is 25.8 Å². The zero-order chi connectivity index (χ0) is 14.8. The summed E-state index contributed by atoms with van der Waals surface area (Å²) in [5, 5.41) is 1.09. The van der Waals surface area contributed by atoms with Crippen LogP contribution in [0.3, 0.4) is 0 Å². The molecule has 21 heavy (non-hydrogen) atoms. The third-order valence-corrected chi connectivity index (χ3v) is 3.69. The van der Waals surface area contributed by atoms with Crippen molar-refractivity contribution in [2.75, 3.05) is 31.7 Å². The molecule has 0 radical (unpaired) electrons. The maximum absolute atomic E-state index is 11.7. The molecule has 1 aromatic heterocycles. The van der Waals surface area contributed by atoms with Crippen molar-refractivity contribution in [2.24, 2.45) is 0 Å². The fourth-order valence-corrected chi connectivity index (χ4v) is 2.69. The van der Waals surface area contributed by atoms with Gasteiger partial charge in [0.2, 0.25) is 0 Å². The smallest absolute Gasteiger partial charge is 0.336 e. The zero-order valence-electron chi connectivity index (χ0n) is 12.2. The Morgan fingerprint density at radius 1 is 1.43 bits per heavy atom. The number of hydrogen-bond acceptors (Lipinski definition) is 5. The van der Waals surface area contributed by atoms with E-state index in [4.69, 9.17) is 9.47 Å². The quantitative estimate of drug-likeness (QED) is 0.789. The zero-order valence-corrected chi connectivity index (χ0v) is 12.2. The lowest BCUT2D eigenvalue weighted by molar-refractivity contribution is -0.154. The number of ether oxygens (including phenoxy) is 2. The Morgan fingerprint density at radius 3 is 3.05 bits per heavy atom. The molecule has 1 aromatic carbocycles. The largest absolute Gasteiger partial charge is 0.467 e. The SMILES string of the molecule is COC(=O)C1CN(c2cc(C)nc3ccccc23)CCO1. The summed E-state index contributed by atoms with van der Waals surface area (Å²) in [5.41, 5.74) is 3.02. The number of aromatic nitrogens is 1. The van der Waals surface area contributed by atoms with Crippen molar-refractivity contribution in [3.63, 3.8) is 0 Å². The first-order chi connectivity index (χ1) is 10.2. The number of benzene rings is 1. The molecule has 0 aliphatic carbocycles. The fourth-order valence-electron chi connectivity index (χ4n) is 2.69. The van der Waals surface area contributed by atoms with Gasteiger partial charge in [0.15, 0.2) is 6.10 Å². The lowest BCUT2D eigenvalue weighted by atomic mass is 10.1. The average molecular weight is 286 g/mol. The van der Waals surface area contributed by atoms with Crippen molar-refractivity contribution in [3.8, 4) is 0 Å². The van der Waals surface area contributed by atoms with Crippen molar-refractivity contribution in [3.05, 3.63) is 36.0 Å². The van der Waals surface area contributed by atoms with Gasteiger partial charge in [0.1, 0.15) is 0 Å². The number of methoxy groups -OCH3 is 1. The predicted molar refractivity (Wildman–Crippen MR) is 80.4 cm³/mol. The molecule has 1 aliphatic rings. The number of nitrogens with zero attached hydrogens (tertiary/aromatic N) is 2. The molecule has 0 amide bonds. The molecule has 1 unspecified atom stereocenters. The second-order valence-electron chi connectivity index (χ2n) is 5.13. The molecule has 3 rings (SSSR count). The van der Waals surface area contributed by atoms with E-state index >= 15 is 0 Å². The summed E-state index contributed by atoms with van der Waals surface area (Å²) in [6, 6.07) is 10.1. The third-order valence-electron chi connectivity index (χ3n) is 3.69. The lowest BCUT2D eigenvalue weighted by Gasteiger charge is -2.33. The van der Waals surface area contributed by atoms with Crippen LogP contribution in [0.4, 0.5) is 5.69 Å². The van der Waals surface area contributed by atoms with E-state index in [1.54, 1.807) is 0 Å². The van der Waals surface area contributed by atoms with Gasteiger partial charge in [0, 0.05) is 23.3 Å². The second kappa shape index (κ2) is 5.69. The minimum absolute atomic E-state index is 0.324. The molecule has 0 spiro atoms. The number of fused-ring (bicyclic) bond motifs is 1. The lowest BCUT2D eigenvalue weighted by Crippen LogP contribution is -2.46. The summed E-state index contributed by atoms with van der Waals surface area (Å²) < 4.78 is 10.3. The van der Waals surface area contributed by atoms with Crippen LogP contribution in [0, 0.1) is 6.92 Å². The second-order valence-corrected chi connectivity index (χ2v) is 5.13. The van der Waals surface area contributed by atoms with E-state index in [0.29, 0.717) is 13.2 Å².